The number of carbonyl (C=O) groups is 2. The Hall–Kier alpha value is -4.02. The summed E-state index contributed by atoms with van der Waals surface area (Å²) < 4.78 is 23.1. The van der Waals surface area contributed by atoms with Crippen molar-refractivity contribution >= 4 is 11.9 Å². The van der Waals surface area contributed by atoms with Crippen LogP contribution in [0.4, 0.5) is 0 Å². The van der Waals surface area contributed by atoms with Crippen molar-refractivity contribution in [2.45, 2.75) is 89.6 Å². The highest BCUT2D eigenvalue weighted by Gasteiger charge is 2.52. The van der Waals surface area contributed by atoms with Gasteiger partial charge in [-0.15, -0.1) is 0 Å². The lowest BCUT2D eigenvalue weighted by molar-refractivity contribution is -0.255. The molecule has 4 aliphatic rings. The number of hydrogen-bond donors (Lipinski definition) is 0. The second-order valence-corrected chi connectivity index (χ2v) is 10.7. The van der Waals surface area contributed by atoms with Gasteiger partial charge in [-0.1, -0.05) is 13.8 Å². The lowest BCUT2D eigenvalue weighted by atomic mass is 9.60. The second kappa shape index (κ2) is 9.79. The standard InChI is InChI=1S/C27H28N4O6/c1-25(2,17-5-9-26(10-6-17)34-21(13-23(32)36-26)19(15-28)30-3)18-7-11-27(12-8-18)35-22(14-24(33)37-27)20(16-29)31-4/h17-18H,5-14H2,1-2H3. The number of hydrogen-bond acceptors (Lipinski definition) is 8. The lowest BCUT2D eigenvalue weighted by Crippen LogP contribution is -2.49. The van der Waals surface area contributed by atoms with Crippen LogP contribution in [0.15, 0.2) is 22.9 Å². The van der Waals surface area contributed by atoms with Gasteiger partial charge in [0.1, 0.15) is 11.5 Å². The Balaban J connectivity index is 1.41. The fourth-order valence-corrected chi connectivity index (χ4v) is 6.22. The van der Waals surface area contributed by atoms with Crippen LogP contribution in [0.3, 0.4) is 0 Å². The summed E-state index contributed by atoms with van der Waals surface area (Å²) >= 11 is 0. The van der Waals surface area contributed by atoms with Gasteiger partial charge in [-0.05, 0) is 42.9 Å². The number of esters is 2. The van der Waals surface area contributed by atoms with Crippen LogP contribution in [-0.2, 0) is 28.5 Å². The Kier molecular flexibility index (Phi) is 6.90. The Morgan fingerprint density at radius 3 is 1.43 bits per heavy atom. The summed E-state index contributed by atoms with van der Waals surface area (Å²) in [4.78, 5) is 30.9. The van der Waals surface area contributed by atoms with Gasteiger partial charge < -0.3 is 18.9 Å². The van der Waals surface area contributed by atoms with Crippen molar-refractivity contribution in [3.05, 3.63) is 45.7 Å². The topological polar surface area (TPSA) is 127 Å². The minimum Gasteiger partial charge on any atom is -0.466 e. The summed E-state index contributed by atoms with van der Waals surface area (Å²) in [6.07, 6.45) is 4.51. The summed E-state index contributed by atoms with van der Waals surface area (Å²) in [7, 11) is 0. The van der Waals surface area contributed by atoms with Crippen LogP contribution >= 0.6 is 0 Å². The molecule has 0 aromatic carbocycles. The molecule has 2 saturated carbocycles. The molecule has 2 heterocycles. The molecule has 10 nitrogen and oxygen atoms in total. The molecule has 4 rings (SSSR count). The highest BCUT2D eigenvalue weighted by atomic mass is 16.7. The third-order valence-electron chi connectivity index (χ3n) is 8.39. The monoisotopic (exact) mass is 504 g/mol. The highest BCUT2D eigenvalue weighted by Crippen LogP contribution is 2.54. The van der Waals surface area contributed by atoms with E-state index < -0.39 is 23.5 Å². The van der Waals surface area contributed by atoms with Gasteiger partial charge in [-0.3, -0.25) is 9.59 Å². The van der Waals surface area contributed by atoms with Gasteiger partial charge in [0.05, 0.1) is 38.1 Å². The zero-order chi connectivity index (χ0) is 26.8. The predicted octanol–water partition coefficient (Wildman–Crippen LogP) is 5.02. The van der Waals surface area contributed by atoms with Gasteiger partial charge in [0.25, 0.3) is 23.0 Å². The Labute approximate surface area is 216 Å². The maximum Gasteiger partial charge on any atom is 0.315 e. The number of rotatable bonds is 2. The first-order chi connectivity index (χ1) is 17.6. The van der Waals surface area contributed by atoms with E-state index in [1.807, 2.05) is 0 Å². The van der Waals surface area contributed by atoms with E-state index in [0.717, 1.165) is 25.7 Å². The summed E-state index contributed by atoms with van der Waals surface area (Å²) in [6, 6.07) is 3.60. The maximum absolute atomic E-state index is 12.2. The molecule has 10 heteroatoms. The Bertz CT molecular complexity index is 1090. The average molecular weight is 505 g/mol. The molecule has 37 heavy (non-hydrogen) atoms. The van der Waals surface area contributed by atoms with E-state index >= 15 is 0 Å². The Morgan fingerprint density at radius 2 is 1.14 bits per heavy atom. The van der Waals surface area contributed by atoms with Crippen LogP contribution in [0.1, 0.15) is 78.1 Å². The summed E-state index contributed by atoms with van der Waals surface area (Å²) in [6.45, 7) is 18.8. The molecule has 0 radical (unpaired) electrons. The number of nitrogens with zero attached hydrogens (tertiary/aromatic N) is 4. The van der Waals surface area contributed by atoms with Crippen LogP contribution in [-0.4, -0.2) is 23.5 Å². The molecule has 2 aliphatic carbocycles. The van der Waals surface area contributed by atoms with Crippen molar-refractivity contribution in [2.24, 2.45) is 17.3 Å². The van der Waals surface area contributed by atoms with E-state index in [0.29, 0.717) is 37.5 Å². The van der Waals surface area contributed by atoms with Crippen LogP contribution in [0, 0.1) is 53.1 Å². The highest BCUT2D eigenvalue weighted by molar-refractivity contribution is 5.74. The van der Waals surface area contributed by atoms with Gasteiger partial charge in [-0.25, -0.2) is 20.2 Å². The first-order valence-electron chi connectivity index (χ1n) is 12.4. The summed E-state index contributed by atoms with van der Waals surface area (Å²) in [5, 5.41) is 18.4. The maximum atomic E-state index is 12.2. The minimum absolute atomic E-state index is 0.0689. The molecule has 2 saturated heterocycles. The lowest BCUT2D eigenvalue weighted by Gasteiger charge is -2.51. The molecule has 2 aliphatic heterocycles. The molecule has 0 aromatic heterocycles. The summed E-state index contributed by atoms with van der Waals surface area (Å²) in [5.41, 5.74) is -0.492. The zero-order valence-electron chi connectivity index (χ0n) is 21.0. The fourth-order valence-electron chi connectivity index (χ4n) is 6.22. The van der Waals surface area contributed by atoms with E-state index in [2.05, 4.69) is 23.5 Å². The molecule has 2 spiro atoms. The fraction of sp³-hybridized carbons (Fsp3) is 0.630. The molecule has 4 fully saturated rings. The molecule has 0 bridgehead atoms. The molecule has 0 aromatic rings. The average Bonchev–Trinajstić information content (AvgIpc) is 2.85. The number of nitriles is 2. The molecule has 0 N–H and O–H groups in total. The molecule has 0 amide bonds. The largest absolute Gasteiger partial charge is 0.466 e. The van der Waals surface area contributed by atoms with E-state index in [-0.39, 0.29) is 41.2 Å². The van der Waals surface area contributed by atoms with Crippen molar-refractivity contribution in [3.63, 3.8) is 0 Å². The van der Waals surface area contributed by atoms with Crippen LogP contribution < -0.4 is 0 Å². The van der Waals surface area contributed by atoms with Crippen molar-refractivity contribution < 1.29 is 28.5 Å². The Morgan fingerprint density at radius 1 is 0.784 bits per heavy atom. The summed E-state index contributed by atoms with van der Waals surface area (Å²) in [5.74, 6) is -2.40. The SMILES string of the molecule is [C-]#[N+]C(C#N)=C1CC(=O)OC2(CCC(C(C)(C)C3CCC4(CC3)OC(=O)CC(=C(C#N)[N+]#[C-])O4)CC2)O1. The first kappa shape index (κ1) is 26.1. The van der Waals surface area contributed by atoms with Crippen molar-refractivity contribution in [3.8, 4) is 12.1 Å². The molecule has 0 unspecified atom stereocenters. The quantitative estimate of drug-likeness (QED) is 0.291. The van der Waals surface area contributed by atoms with Crippen LogP contribution in [0.25, 0.3) is 9.69 Å². The van der Waals surface area contributed by atoms with Gasteiger partial charge in [-0.2, -0.15) is 0 Å². The molecular formula is C27H28N4O6. The minimum atomic E-state index is -1.13. The second-order valence-electron chi connectivity index (χ2n) is 10.7. The third-order valence-corrected chi connectivity index (χ3v) is 8.39. The van der Waals surface area contributed by atoms with Crippen molar-refractivity contribution in [1.82, 2.24) is 0 Å². The van der Waals surface area contributed by atoms with Crippen LogP contribution in [0.5, 0.6) is 0 Å². The molecule has 0 atom stereocenters. The molecule has 192 valence electrons. The van der Waals surface area contributed by atoms with Gasteiger partial charge in [0, 0.05) is 25.7 Å². The van der Waals surface area contributed by atoms with Gasteiger partial charge in [0.2, 0.25) is 0 Å². The smallest absolute Gasteiger partial charge is 0.315 e. The van der Waals surface area contributed by atoms with E-state index in [4.69, 9.17) is 32.1 Å². The number of carbonyl (C=O) groups excluding carboxylic acids is 2. The molecular weight excluding hydrogens is 476 g/mol. The van der Waals surface area contributed by atoms with E-state index in [1.165, 1.54) is 0 Å². The van der Waals surface area contributed by atoms with E-state index in [9.17, 15) is 20.1 Å². The van der Waals surface area contributed by atoms with Gasteiger partial charge >= 0.3 is 11.9 Å². The van der Waals surface area contributed by atoms with Crippen LogP contribution in [0.2, 0.25) is 0 Å². The zero-order valence-corrected chi connectivity index (χ0v) is 21.0. The number of ether oxygens (including phenoxy) is 4. The predicted molar refractivity (Wildman–Crippen MR) is 125 cm³/mol. The van der Waals surface area contributed by atoms with E-state index in [1.54, 1.807) is 12.1 Å². The van der Waals surface area contributed by atoms with Gasteiger partial charge in [0.15, 0.2) is 0 Å². The third kappa shape index (κ3) is 4.98. The van der Waals surface area contributed by atoms with Crippen molar-refractivity contribution in [2.75, 3.05) is 0 Å². The number of allylic oxidation sites excluding steroid dienone is 2. The normalized spacial score (nSPS) is 34.3. The first-order valence-corrected chi connectivity index (χ1v) is 12.4. The van der Waals surface area contributed by atoms with Crippen molar-refractivity contribution in [1.29, 1.82) is 10.5 Å².